The highest BCUT2D eigenvalue weighted by Crippen LogP contribution is 2.29. The van der Waals surface area contributed by atoms with Gasteiger partial charge in [-0.2, -0.15) is 5.10 Å². The van der Waals surface area contributed by atoms with Crippen molar-refractivity contribution in [1.82, 2.24) is 24.9 Å². The van der Waals surface area contributed by atoms with Gasteiger partial charge in [0.2, 0.25) is 5.91 Å². The van der Waals surface area contributed by atoms with Crippen molar-refractivity contribution in [3.05, 3.63) is 23.6 Å². The molecule has 1 amide bonds. The fourth-order valence-corrected chi connectivity index (χ4v) is 4.39. The Balaban J connectivity index is 1.19. The number of piperazine rings is 1. The van der Waals surface area contributed by atoms with Gasteiger partial charge in [0.1, 0.15) is 11.3 Å². The summed E-state index contributed by atoms with van der Waals surface area (Å²) >= 11 is 0. The standard InChI is InChI=1S/C19H25N5O2/c25-18(24-10-8-23(9-11-24)14-2-1-3-14)13-22-7-5-15-17(12-22)26-16-4-6-20-21-19(15)16/h4,6,14H,1-3,5,7-13H2. The summed E-state index contributed by atoms with van der Waals surface area (Å²) in [4.78, 5) is 19.5. The molecule has 0 N–H and O–H groups in total. The first-order valence-electron chi connectivity index (χ1n) is 9.74. The van der Waals surface area contributed by atoms with Gasteiger partial charge >= 0.3 is 0 Å². The molecule has 3 aliphatic rings. The van der Waals surface area contributed by atoms with Crippen molar-refractivity contribution in [2.24, 2.45) is 0 Å². The lowest BCUT2D eigenvalue weighted by Gasteiger charge is -2.43. The number of amides is 1. The molecule has 1 aliphatic carbocycles. The van der Waals surface area contributed by atoms with Crippen LogP contribution in [0.5, 0.6) is 0 Å². The molecule has 0 radical (unpaired) electrons. The van der Waals surface area contributed by atoms with E-state index in [0.29, 0.717) is 13.1 Å². The van der Waals surface area contributed by atoms with Crippen LogP contribution in [0.3, 0.4) is 0 Å². The van der Waals surface area contributed by atoms with Crippen LogP contribution in [0, 0.1) is 0 Å². The van der Waals surface area contributed by atoms with Gasteiger partial charge in [-0.25, -0.2) is 0 Å². The van der Waals surface area contributed by atoms with Gasteiger partial charge < -0.3 is 9.32 Å². The Hall–Kier alpha value is -1.99. The molecule has 0 atom stereocenters. The minimum Gasteiger partial charge on any atom is -0.458 e. The predicted octanol–water partition coefficient (Wildman–Crippen LogP) is 1.28. The molecule has 7 nitrogen and oxygen atoms in total. The molecule has 138 valence electrons. The van der Waals surface area contributed by atoms with Crippen LogP contribution in [0.25, 0.3) is 11.1 Å². The van der Waals surface area contributed by atoms with Gasteiger partial charge in [0.15, 0.2) is 5.58 Å². The van der Waals surface area contributed by atoms with E-state index in [2.05, 4.69) is 20.0 Å². The average molecular weight is 355 g/mol. The summed E-state index contributed by atoms with van der Waals surface area (Å²) in [5.74, 6) is 1.19. The zero-order chi connectivity index (χ0) is 17.5. The van der Waals surface area contributed by atoms with E-state index in [1.165, 1.54) is 19.3 Å². The fourth-order valence-electron chi connectivity index (χ4n) is 4.39. The Kier molecular flexibility index (Phi) is 4.13. The van der Waals surface area contributed by atoms with E-state index in [4.69, 9.17) is 4.42 Å². The van der Waals surface area contributed by atoms with Crippen molar-refractivity contribution in [1.29, 1.82) is 0 Å². The van der Waals surface area contributed by atoms with Gasteiger partial charge in [-0.15, -0.1) is 5.10 Å². The lowest BCUT2D eigenvalue weighted by Crippen LogP contribution is -2.55. The maximum atomic E-state index is 12.7. The minimum atomic E-state index is 0.248. The van der Waals surface area contributed by atoms with E-state index in [9.17, 15) is 4.79 Å². The maximum absolute atomic E-state index is 12.7. The zero-order valence-corrected chi connectivity index (χ0v) is 15.1. The topological polar surface area (TPSA) is 65.7 Å². The zero-order valence-electron chi connectivity index (χ0n) is 15.1. The lowest BCUT2D eigenvalue weighted by atomic mass is 9.91. The first-order chi connectivity index (χ1) is 12.8. The predicted molar refractivity (Wildman–Crippen MR) is 96.6 cm³/mol. The van der Waals surface area contributed by atoms with E-state index in [1.807, 2.05) is 11.0 Å². The van der Waals surface area contributed by atoms with Crippen molar-refractivity contribution in [2.75, 3.05) is 39.3 Å². The lowest BCUT2D eigenvalue weighted by molar-refractivity contribution is -0.135. The third-order valence-electron chi connectivity index (χ3n) is 6.20. The molecule has 2 aromatic heterocycles. The Morgan fingerprint density at radius 2 is 2.04 bits per heavy atom. The quantitative estimate of drug-likeness (QED) is 0.826. The van der Waals surface area contributed by atoms with Crippen molar-refractivity contribution >= 4 is 17.0 Å². The van der Waals surface area contributed by atoms with Crippen LogP contribution in [0.4, 0.5) is 0 Å². The Morgan fingerprint density at radius 3 is 2.81 bits per heavy atom. The molecule has 0 unspecified atom stereocenters. The molecule has 1 saturated heterocycles. The van der Waals surface area contributed by atoms with Crippen LogP contribution in [0.15, 0.2) is 16.7 Å². The second kappa shape index (κ2) is 6.63. The van der Waals surface area contributed by atoms with Crippen LogP contribution < -0.4 is 0 Å². The Bertz CT molecular complexity index is 807. The van der Waals surface area contributed by atoms with Crippen molar-refractivity contribution in [3.8, 4) is 0 Å². The highest BCUT2D eigenvalue weighted by atomic mass is 16.3. The number of furan rings is 1. The van der Waals surface area contributed by atoms with Gasteiger partial charge in [-0.1, -0.05) is 6.42 Å². The molecule has 2 aliphatic heterocycles. The third-order valence-corrected chi connectivity index (χ3v) is 6.20. The summed E-state index contributed by atoms with van der Waals surface area (Å²) in [6, 6.07) is 2.64. The van der Waals surface area contributed by atoms with Gasteiger partial charge in [0, 0.05) is 50.4 Å². The van der Waals surface area contributed by atoms with Crippen LogP contribution in [-0.4, -0.2) is 76.1 Å². The van der Waals surface area contributed by atoms with Gasteiger partial charge in [-0.3, -0.25) is 14.6 Å². The molecule has 2 fully saturated rings. The van der Waals surface area contributed by atoms with Crippen LogP contribution in [-0.2, 0) is 17.8 Å². The number of rotatable bonds is 3. The van der Waals surface area contributed by atoms with E-state index >= 15 is 0 Å². The fraction of sp³-hybridized carbons (Fsp3) is 0.632. The summed E-state index contributed by atoms with van der Waals surface area (Å²) in [7, 11) is 0. The molecule has 0 spiro atoms. The second-order valence-corrected chi connectivity index (χ2v) is 7.71. The SMILES string of the molecule is O=C(CN1CCc2c(oc3ccnnc23)C1)N1CCN(C2CCC2)CC1. The molecule has 26 heavy (non-hydrogen) atoms. The molecule has 0 aromatic carbocycles. The molecular weight excluding hydrogens is 330 g/mol. The number of hydrogen-bond acceptors (Lipinski definition) is 6. The van der Waals surface area contributed by atoms with E-state index in [-0.39, 0.29) is 5.91 Å². The molecule has 1 saturated carbocycles. The molecule has 7 heteroatoms. The second-order valence-electron chi connectivity index (χ2n) is 7.71. The van der Waals surface area contributed by atoms with Crippen LogP contribution in [0.1, 0.15) is 30.6 Å². The van der Waals surface area contributed by atoms with E-state index < -0.39 is 0 Å². The summed E-state index contributed by atoms with van der Waals surface area (Å²) in [6.07, 6.45) is 6.57. The number of nitrogens with zero attached hydrogens (tertiary/aromatic N) is 5. The van der Waals surface area contributed by atoms with Crippen LogP contribution >= 0.6 is 0 Å². The first-order valence-corrected chi connectivity index (χ1v) is 9.74. The van der Waals surface area contributed by atoms with Crippen molar-refractivity contribution in [3.63, 3.8) is 0 Å². The van der Waals surface area contributed by atoms with Gasteiger partial charge in [0.25, 0.3) is 0 Å². The van der Waals surface area contributed by atoms with Crippen molar-refractivity contribution in [2.45, 2.75) is 38.3 Å². The molecule has 5 rings (SSSR count). The number of carbonyl (C=O) groups excluding carboxylic acids is 1. The largest absolute Gasteiger partial charge is 0.458 e. The van der Waals surface area contributed by atoms with Crippen LogP contribution in [0.2, 0.25) is 0 Å². The van der Waals surface area contributed by atoms with Gasteiger partial charge in [-0.05, 0) is 19.3 Å². The van der Waals surface area contributed by atoms with E-state index in [1.54, 1.807) is 6.20 Å². The number of carbonyl (C=O) groups is 1. The summed E-state index contributed by atoms with van der Waals surface area (Å²) in [5, 5.41) is 8.17. The molecular formula is C19H25N5O2. The summed E-state index contributed by atoms with van der Waals surface area (Å²) in [6.45, 7) is 5.83. The Labute approximate surface area is 152 Å². The molecule has 2 aromatic rings. The summed E-state index contributed by atoms with van der Waals surface area (Å²) in [5.41, 5.74) is 2.83. The average Bonchev–Trinajstić information content (AvgIpc) is 2.98. The molecule has 0 bridgehead atoms. The highest BCUT2D eigenvalue weighted by Gasteiger charge is 2.31. The number of hydrogen-bond donors (Lipinski definition) is 0. The number of fused-ring (bicyclic) bond motifs is 3. The smallest absolute Gasteiger partial charge is 0.236 e. The highest BCUT2D eigenvalue weighted by molar-refractivity contribution is 5.79. The van der Waals surface area contributed by atoms with E-state index in [0.717, 1.165) is 67.6 Å². The summed E-state index contributed by atoms with van der Waals surface area (Å²) < 4.78 is 5.93. The molecule has 4 heterocycles. The first kappa shape index (κ1) is 16.2. The Morgan fingerprint density at radius 1 is 1.19 bits per heavy atom. The van der Waals surface area contributed by atoms with Gasteiger partial charge in [0.05, 0.1) is 19.3 Å². The normalized spacial score (nSPS) is 22.4. The minimum absolute atomic E-state index is 0.248. The monoisotopic (exact) mass is 355 g/mol. The maximum Gasteiger partial charge on any atom is 0.236 e. The number of aromatic nitrogens is 2. The third kappa shape index (κ3) is 2.89. The van der Waals surface area contributed by atoms with Crippen molar-refractivity contribution < 1.29 is 9.21 Å².